The average molecular weight is 577 g/mol. The first-order chi connectivity index (χ1) is 17.4. The molecule has 0 spiro atoms. The third kappa shape index (κ3) is 7.51. The van der Waals surface area contributed by atoms with Gasteiger partial charge in [0.2, 0.25) is 5.88 Å². The van der Waals surface area contributed by atoms with E-state index in [0.29, 0.717) is 18.2 Å². The number of ether oxygens (including phenoxy) is 1. The van der Waals surface area contributed by atoms with Gasteiger partial charge in [-0.25, -0.2) is 15.0 Å². The molecule has 37 heavy (non-hydrogen) atoms. The Balaban J connectivity index is 1.66. The first kappa shape index (κ1) is 28.6. The Morgan fingerprint density at radius 2 is 1.89 bits per heavy atom. The van der Waals surface area contributed by atoms with Crippen LogP contribution in [0.1, 0.15) is 43.7 Å². The zero-order chi connectivity index (χ0) is 27.3. The summed E-state index contributed by atoms with van der Waals surface area (Å²) in [5.41, 5.74) is -1.25. The lowest BCUT2D eigenvalue weighted by Crippen LogP contribution is -2.28. The largest absolute Gasteiger partial charge is 0.475 e. The van der Waals surface area contributed by atoms with Crippen LogP contribution in [-0.2, 0) is 6.18 Å². The number of carbonyl (C=O) groups is 2. The third-order valence-corrected chi connectivity index (χ3v) is 6.59. The van der Waals surface area contributed by atoms with Crippen LogP contribution in [0, 0.1) is 0 Å². The van der Waals surface area contributed by atoms with Crippen LogP contribution in [0.5, 0.6) is 5.88 Å². The maximum absolute atomic E-state index is 13.1. The highest BCUT2D eigenvalue weighted by molar-refractivity contribution is 7.13. The monoisotopic (exact) mass is 576 g/mol. The zero-order valence-electron chi connectivity index (χ0n) is 19.7. The quantitative estimate of drug-likeness (QED) is 0.371. The second-order valence-electron chi connectivity index (χ2n) is 7.90. The fraction of sp³-hybridized carbons (Fsp3) is 0.318. The van der Waals surface area contributed by atoms with Crippen LogP contribution in [0.4, 0.5) is 18.9 Å². The molecule has 0 saturated carbocycles. The number of halogens is 5. The molecule has 1 atom stereocenters. The molecule has 2 amide bonds. The molecule has 1 aromatic carbocycles. The van der Waals surface area contributed by atoms with Gasteiger partial charge in [0.15, 0.2) is 5.69 Å². The Morgan fingerprint density at radius 1 is 1.16 bits per heavy atom. The maximum Gasteiger partial charge on any atom is 0.417 e. The number of hydrogen-bond acceptors (Lipinski definition) is 8. The van der Waals surface area contributed by atoms with Gasteiger partial charge in [0.05, 0.1) is 22.8 Å². The fourth-order valence-electron chi connectivity index (χ4n) is 2.87. The second kappa shape index (κ2) is 12.0. The molecule has 0 fully saturated rings. The lowest BCUT2D eigenvalue weighted by Gasteiger charge is -2.14. The number of carbonyl (C=O) groups excluding carboxylic acids is 2. The number of benzene rings is 1. The van der Waals surface area contributed by atoms with E-state index in [1.807, 2.05) is 19.0 Å². The number of anilines is 1. The summed E-state index contributed by atoms with van der Waals surface area (Å²) in [4.78, 5) is 39.3. The van der Waals surface area contributed by atoms with Gasteiger partial charge in [0.1, 0.15) is 27.8 Å². The summed E-state index contributed by atoms with van der Waals surface area (Å²) in [7, 11) is 3.75. The van der Waals surface area contributed by atoms with E-state index in [2.05, 4.69) is 25.6 Å². The van der Waals surface area contributed by atoms with Gasteiger partial charge in [0.25, 0.3) is 11.8 Å². The predicted octanol–water partition coefficient (Wildman–Crippen LogP) is 4.94. The third-order valence-electron chi connectivity index (χ3n) is 4.74. The number of thiazole rings is 1. The summed E-state index contributed by atoms with van der Waals surface area (Å²) in [6, 6.07) is 2.40. The first-order valence-corrected chi connectivity index (χ1v) is 12.2. The number of aromatic nitrogens is 3. The fourth-order valence-corrected chi connectivity index (χ4v) is 4.15. The molecule has 0 radical (unpaired) electrons. The summed E-state index contributed by atoms with van der Waals surface area (Å²) in [6.45, 7) is 2.55. The van der Waals surface area contributed by atoms with Crippen LogP contribution < -0.4 is 15.4 Å². The summed E-state index contributed by atoms with van der Waals surface area (Å²) in [6.07, 6.45) is -2.26. The van der Waals surface area contributed by atoms with E-state index < -0.39 is 34.6 Å². The van der Waals surface area contributed by atoms with Crippen molar-refractivity contribution in [3.05, 3.63) is 61.9 Å². The number of alkyl halides is 3. The van der Waals surface area contributed by atoms with Crippen molar-refractivity contribution in [3.63, 3.8) is 0 Å². The molecular weight excluding hydrogens is 556 g/mol. The van der Waals surface area contributed by atoms with Crippen LogP contribution >= 0.6 is 34.5 Å². The van der Waals surface area contributed by atoms with Gasteiger partial charge in [0, 0.05) is 12.2 Å². The minimum absolute atomic E-state index is 0.0497. The summed E-state index contributed by atoms with van der Waals surface area (Å²) >= 11 is 12.8. The Labute approximate surface area is 224 Å². The van der Waals surface area contributed by atoms with Crippen LogP contribution in [0.3, 0.4) is 0 Å². The van der Waals surface area contributed by atoms with Crippen molar-refractivity contribution in [2.24, 2.45) is 0 Å². The van der Waals surface area contributed by atoms with Gasteiger partial charge < -0.3 is 20.3 Å². The lowest BCUT2D eigenvalue weighted by molar-refractivity contribution is -0.137. The van der Waals surface area contributed by atoms with Crippen LogP contribution in [-0.4, -0.2) is 58.9 Å². The first-order valence-electron chi connectivity index (χ1n) is 10.6. The highest BCUT2D eigenvalue weighted by Gasteiger charge is 2.33. The maximum atomic E-state index is 13.1. The number of amides is 2. The summed E-state index contributed by atoms with van der Waals surface area (Å²) in [5, 5.41) is 4.92. The van der Waals surface area contributed by atoms with Crippen LogP contribution in [0.25, 0.3) is 0 Å². The second-order valence-corrected chi connectivity index (χ2v) is 9.74. The minimum Gasteiger partial charge on any atom is -0.475 e. The molecule has 0 saturated heterocycles. The van der Waals surface area contributed by atoms with Crippen molar-refractivity contribution in [1.29, 1.82) is 0 Å². The predicted molar refractivity (Wildman–Crippen MR) is 133 cm³/mol. The Kier molecular flexibility index (Phi) is 9.29. The highest BCUT2D eigenvalue weighted by atomic mass is 35.5. The van der Waals surface area contributed by atoms with Gasteiger partial charge in [-0.05, 0) is 39.2 Å². The highest BCUT2D eigenvalue weighted by Crippen LogP contribution is 2.36. The molecule has 9 nitrogen and oxygen atoms in total. The van der Waals surface area contributed by atoms with Gasteiger partial charge in [-0.2, -0.15) is 13.2 Å². The Hall–Kier alpha value is -3.00. The molecule has 2 N–H and O–H groups in total. The van der Waals surface area contributed by atoms with Crippen molar-refractivity contribution in [2.75, 3.05) is 32.6 Å². The van der Waals surface area contributed by atoms with E-state index in [0.717, 1.165) is 29.8 Å². The molecule has 0 aliphatic rings. The molecular formula is C22H21Cl2F3N6O3S. The van der Waals surface area contributed by atoms with E-state index in [4.69, 9.17) is 27.9 Å². The number of likely N-dealkylation sites (N-methyl/N-ethyl adjacent to an activating group) is 1. The van der Waals surface area contributed by atoms with Crippen molar-refractivity contribution >= 4 is 52.0 Å². The zero-order valence-corrected chi connectivity index (χ0v) is 22.0. The van der Waals surface area contributed by atoms with E-state index in [1.165, 1.54) is 12.3 Å². The molecule has 198 valence electrons. The van der Waals surface area contributed by atoms with E-state index >= 15 is 0 Å². The number of rotatable bonds is 9. The molecule has 0 bridgehead atoms. The van der Waals surface area contributed by atoms with Crippen molar-refractivity contribution in [3.8, 4) is 5.88 Å². The molecule has 0 aliphatic carbocycles. The van der Waals surface area contributed by atoms with E-state index in [9.17, 15) is 22.8 Å². The minimum atomic E-state index is -4.67. The summed E-state index contributed by atoms with van der Waals surface area (Å²) in [5.74, 6) is -1.21. The van der Waals surface area contributed by atoms with Crippen LogP contribution in [0.2, 0.25) is 10.0 Å². The van der Waals surface area contributed by atoms with E-state index in [-0.39, 0.29) is 27.2 Å². The smallest absolute Gasteiger partial charge is 0.417 e. The van der Waals surface area contributed by atoms with Crippen LogP contribution in [0.15, 0.2) is 30.7 Å². The summed E-state index contributed by atoms with van der Waals surface area (Å²) < 4.78 is 44.7. The number of nitrogens with one attached hydrogen (secondary N) is 2. The van der Waals surface area contributed by atoms with Crippen molar-refractivity contribution < 1.29 is 27.5 Å². The molecule has 2 aromatic heterocycles. The van der Waals surface area contributed by atoms with Gasteiger partial charge in [-0.3, -0.25) is 9.59 Å². The normalized spacial score (nSPS) is 12.4. The van der Waals surface area contributed by atoms with E-state index in [1.54, 1.807) is 6.92 Å². The van der Waals surface area contributed by atoms with Gasteiger partial charge in [-0.1, -0.05) is 23.2 Å². The number of nitrogens with zero attached hydrogens (tertiary/aromatic N) is 4. The standard InChI is InChI=1S/C22H21Cl2F3N6O3S/c1-11(31-19(35)17-16(24)20(30-10-29-17)36-7-6-33(2)3)21-28-9-15(37-21)18(34)32-12-4-5-14(23)13(8-12)22(25,26)27/h4-5,8-11H,6-7H2,1-3H3,(H,31,35)(H,32,34). The Bertz CT molecular complexity index is 1290. The molecule has 3 aromatic rings. The molecule has 15 heteroatoms. The molecule has 1 unspecified atom stereocenters. The van der Waals surface area contributed by atoms with Crippen molar-refractivity contribution in [1.82, 2.24) is 25.2 Å². The SMILES string of the molecule is CC(NC(=O)c1ncnc(OCCN(C)C)c1Cl)c1ncc(C(=O)Nc2ccc(Cl)c(C(F)(F)F)c2)s1. The molecule has 2 heterocycles. The topological polar surface area (TPSA) is 109 Å². The molecule has 0 aliphatic heterocycles. The van der Waals surface area contributed by atoms with Gasteiger partial charge >= 0.3 is 6.18 Å². The average Bonchev–Trinajstić information content (AvgIpc) is 3.31. The van der Waals surface area contributed by atoms with Gasteiger partial charge in [-0.15, -0.1) is 11.3 Å². The lowest BCUT2D eigenvalue weighted by atomic mass is 10.2. The molecule has 3 rings (SSSR count). The van der Waals surface area contributed by atoms with Crippen molar-refractivity contribution in [2.45, 2.75) is 19.1 Å². The Morgan fingerprint density at radius 3 is 2.57 bits per heavy atom. The number of hydrogen-bond donors (Lipinski definition) is 2.